The second-order valence-electron chi connectivity index (χ2n) is 12.9. The van der Waals surface area contributed by atoms with Gasteiger partial charge in [0.25, 0.3) is 0 Å². The molecule has 0 aromatic carbocycles. The van der Waals surface area contributed by atoms with Crippen LogP contribution in [0.5, 0.6) is 0 Å². The molecule has 3 saturated carbocycles. The van der Waals surface area contributed by atoms with Gasteiger partial charge in [-0.05, 0) is 97.7 Å². The highest BCUT2D eigenvalue weighted by Crippen LogP contribution is 2.67. The molecule has 4 rings (SSSR count). The Hall–Kier alpha value is -0.830. The van der Waals surface area contributed by atoms with Gasteiger partial charge in [-0.2, -0.15) is 0 Å². The second kappa shape index (κ2) is 9.43. The van der Waals surface area contributed by atoms with Gasteiger partial charge in [0.15, 0.2) is 0 Å². The number of carboxylic acid groups (broad SMARTS) is 1. The quantitative estimate of drug-likeness (QED) is 0.394. The van der Waals surface area contributed by atoms with E-state index in [-0.39, 0.29) is 12.7 Å². The molecule has 0 aromatic heterocycles. The average Bonchev–Trinajstić information content (AvgIpc) is 3.09. The second-order valence-corrected chi connectivity index (χ2v) is 12.9. The number of hydrogen-bond donors (Lipinski definition) is 1. The van der Waals surface area contributed by atoms with Crippen LogP contribution >= 0.6 is 0 Å². The lowest BCUT2D eigenvalue weighted by Crippen LogP contribution is -2.51. The molecule has 0 aromatic rings. The Morgan fingerprint density at radius 3 is 2.59 bits per heavy atom. The summed E-state index contributed by atoms with van der Waals surface area (Å²) in [6.07, 6.45) is 16.9. The molecule has 8 atom stereocenters. The Morgan fingerprint density at radius 1 is 1.09 bits per heavy atom. The molecule has 182 valence electrons. The van der Waals surface area contributed by atoms with Gasteiger partial charge in [0.1, 0.15) is 6.61 Å². The number of carboxylic acids is 1. The first kappa shape index (κ1) is 24.3. The first-order valence-corrected chi connectivity index (χ1v) is 13.7. The van der Waals surface area contributed by atoms with E-state index in [4.69, 9.17) is 9.84 Å². The van der Waals surface area contributed by atoms with Gasteiger partial charge in [-0.3, -0.25) is 0 Å². The maximum absolute atomic E-state index is 10.9. The summed E-state index contributed by atoms with van der Waals surface area (Å²) in [6, 6.07) is 0. The van der Waals surface area contributed by atoms with Crippen LogP contribution in [0.15, 0.2) is 11.6 Å². The van der Waals surface area contributed by atoms with E-state index in [0.717, 1.165) is 48.3 Å². The van der Waals surface area contributed by atoms with E-state index in [1.807, 2.05) is 0 Å². The van der Waals surface area contributed by atoms with E-state index in [1.165, 1.54) is 57.8 Å². The van der Waals surface area contributed by atoms with Crippen LogP contribution in [-0.2, 0) is 9.53 Å². The zero-order valence-corrected chi connectivity index (χ0v) is 21.4. The number of fused-ring (bicyclic) bond motifs is 5. The molecule has 7 unspecified atom stereocenters. The minimum absolute atomic E-state index is 0.0957. The maximum atomic E-state index is 10.9. The number of aliphatic carboxylic acids is 1. The van der Waals surface area contributed by atoms with E-state index in [0.29, 0.717) is 10.8 Å². The summed E-state index contributed by atoms with van der Waals surface area (Å²) in [4.78, 5) is 10.9. The third-order valence-corrected chi connectivity index (χ3v) is 10.7. The molecule has 0 heterocycles. The Morgan fingerprint density at radius 2 is 1.88 bits per heavy atom. The molecule has 1 N–H and O–H groups in total. The molecule has 0 amide bonds. The standard InChI is InChI=1S/C29H48O3/c1-19(2)7-6-8-20(3)24-11-12-25-23-10-9-21-17-22(32-18-27(30)31)13-15-28(21,4)26(23)14-16-29(24,25)5/h9,19-20,22-26H,6-8,10-18H2,1-5H3,(H,30,31)/t20-,22?,23?,24?,25?,26?,28?,29?/m1/s1. The van der Waals surface area contributed by atoms with Gasteiger partial charge in [-0.1, -0.05) is 65.5 Å². The van der Waals surface area contributed by atoms with Gasteiger partial charge in [0, 0.05) is 0 Å². The summed E-state index contributed by atoms with van der Waals surface area (Å²) in [7, 11) is 0. The van der Waals surface area contributed by atoms with Crippen molar-refractivity contribution in [2.45, 2.75) is 111 Å². The summed E-state index contributed by atoms with van der Waals surface area (Å²) in [6.45, 7) is 12.3. The fourth-order valence-electron chi connectivity index (χ4n) is 8.98. The smallest absolute Gasteiger partial charge is 0.329 e. The Bertz CT molecular complexity index is 711. The Balaban J connectivity index is 1.44. The third kappa shape index (κ3) is 4.44. The van der Waals surface area contributed by atoms with Crippen LogP contribution in [0.1, 0.15) is 105 Å². The van der Waals surface area contributed by atoms with Crippen LogP contribution in [-0.4, -0.2) is 23.8 Å². The van der Waals surface area contributed by atoms with E-state index in [9.17, 15) is 4.79 Å². The molecule has 4 aliphatic carbocycles. The zero-order chi connectivity index (χ0) is 23.1. The van der Waals surface area contributed by atoms with Crippen molar-refractivity contribution in [2.24, 2.45) is 46.3 Å². The van der Waals surface area contributed by atoms with E-state index in [1.54, 1.807) is 5.57 Å². The predicted octanol–water partition coefficient (Wildman–Crippen LogP) is 7.50. The lowest BCUT2D eigenvalue weighted by atomic mass is 9.47. The molecule has 32 heavy (non-hydrogen) atoms. The van der Waals surface area contributed by atoms with Crippen molar-refractivity contribution in [3.05, 3.63) is 11.6 Å². The van der Waals surface area contributed by atoms with E-state index < -0.39 is 5.97 Å². The number of rotatable bonds is 8. The van der Waals surface area contributed by atoms with Gasteiger partial charge >= 0.3 is 5.97 Å². The van der Waals surface area contributed by atoms with E-state index in [2.05, 4.69) is 40.7 Å². The summed E-state index contributed by atoms with van der Waals surface area (Å²) < 4.78 is 5.71. The first-order chi connectivity index (χ1) is 15.1. The first-order valence-electron chi connectivity index (χ1n) is 13.7. The zero-order valence-electron chi connectivity index (χ0n) is 21.4. The summed E-state index contributed by atoms with van der Waals surface area (Å²) in [5.74, 6) is 4.33. The number of allylic oxidation sites excluding steroid dienone is 1. The molecule has 3 fully saturated rings. The SMILES string of the molecule is CC(C)CCC[C@@H](C)C1CCC2C3CC=C4CC(OCC(=O)O)CCC4(C)C3CCC21C. The van der Waals surface area contributed by atoms with Crippen LogP contribution in [0.3, 0.4) is 0 Å². The minimum atomic E-state index is -0.850. The Kier molecular flexibility index (Phi) is 7.16. The third-order valence-electron chi connectivity index (χ3n) is 10.7. The van der Waals surface area contributed by atoms with Crippen molar-refractivity contribution < 1.29 is 14.6 Å². The van der Waals surface area contributed by atoms with Crippen molar-refractivity contribution in [1.82, 2.24) is 0 Å². The maximum Gasteiger partial charge on any atom is 0.329 e. The van der Waals surface area contributed by atoms with Crippen LogP contribution < -0.4 is 0 Å². The van der Waals surface area contributed by atoms with Crippen molar-refractivity contribution in [2.75, 3.05) is 6.61 Å². The highest BCUT2D eigenvalue weighted by molar-refractivity contribution is 5.68. The molecule has 3 nitrogen and oxygen atoms in total. The number of hydrogen-bond acceptors (Lipinski definition) is 2. The van der Waals surface area contributed by atoms with Crippen LogP contribution in [0.4, 0.5) is 0 Å². The van der Waals surface area contributed by atoms with Gasteiger partial charge < -0.3 is 9.84 Å². The fourth-order valence-corrected chi connectivity index (χ4v) is 8.98. The molecule has 4 aliphatic rings. The molecule has 0 aliphatic heterocycles. The predicted molar refractivity (Wildman–Crippen MR) is 130 cm³/mol. The summed E-state index contributed by atoms with van der Waals surface area (Å²) >= 11 is 0. The van der Waals surface area contributed by atoms with Gasteiger partial charge in [-0.15, -0.1) is 0 Å². The number of carbonyl (C=O) groups is 1. The Labute approximate surface area is 196 Å². The van der Waals surface area contributed by atoms with Crippen LogP contribution in [0.2, 0.25) is 0 Å². The van der Waals surface area contributed by atoms with Gasteiger partial charge in [0.2, 0.25) is 0 Å². The van der Waals surface area contributed by atoms with Crippen molar-refractivity contribution in [3.63, 3.8) is 0 Å². The summed E-state index contributed by atoms with van der Waals surface area (Å²) in [5, 5.41) is 8.99. The molecule has 3 heteroatoms. The van der Waals surface area contributed by atoms with Gasteiger partial charge in [0.05, 0.1) is 6.10 Å². The minimum Gasteiger partial charge on any atom is -0.480 e. The van der Waals surface area contributed by atoms with Crippen LogP contribution in [0, 0.1) is 46.3 Å². The molecular weight excluding hydrogens is 396 g/mol. The number of ether oxygens (including phenoxy) is 1. The molecule has 0 spiro atoms. The molecule has 0 radical (unpaired) electrons. The van der Waals surface area contributed by atoms with Crippen molar-refractivity contribution in [3.8, 4) is 0 Å². The monoisotopic (exact) mass is 444 g/mol. The molecular formula is C29H48O3. The highest BCUT2D eigenvalue weighted by atomic mass is 16.5. The average molecular weight is 445 g/mol. The lowest BCUT2D eigenvalue weighted by molar-refractivity contribution is -0.145. The normalized spacial score (nSPS) is 42.1. The fraction of sp³-hybridized carbons (Fsp3) is 0.897. The van der Waals surface area contributed by atoms with Crippen LogP contribution in [0.25, 0.3) is 0 Å². The highest BCUT2D eigenvalue weighted by Gasteiger charge is 2.59. The largest absolute Gasteiger partial charge is 0.480 e. The van der Waals surface area contributed by atoms with Gasteiger partial charge in [-0.25, -0.2) is 4.79 Å². The summed E-state index contributed by atoms with van der Waals surface area (Å²) in [5.41, 5.74) is 2.44. The molecule has 0 saturated heterocycles. The van der Waals surface area contributed by atoms with Crippen molar-refractivity contribution >= 4 is 5.97 Å². The topological polar surface area (TPSA) is 46.5 Å². The lowest BCUT2D eigenvalue weighted by Gasteiger charge is -2.58. The van der Waals surface area contributed by atoms with E-state index >= 15 is 0 Å². The molecule has 0 bridgehead atoms. The van der Waals surface area contributed by atoms with Crippen molar-refractivity contribution in [1.29, 1.82) is 0 Å².